The molecule has 374 valence electrons. The highest BCUT2D eigenvalue weighted by molar-refractivity contribution is 5.98. The maximum Gasteiger partial charge on any atom is 0.326 e. The third-order valence-electron chi connectivity index (χ3n) is 9.75. The number of unbranched alkanes of at least 4 members (excludes halogenated alkanes) is 1. The third-order valence-corrected chi connectivity index (χ3v) is 9.75. The lowest BCUT2D eigenvalue weighted by Gasteiger charge is -2.28. The van der Waals surface area contributed by atoms with Crippen molar-refractivity contribution in [1.29, 1.82) is 0 Å². The van der Waals surface area contributed by atoms with Crippen molar-refractivity contribution in [3.05, 3.63) is 29.8 Å². The fourth-order valence-electron chi connectivity index (χ4n) is 6.19. The topological polar surface area (TPSA) is 493 Å². The number of guanidine groups is 2. The Kier molecular flexibility index (Phi) is 25.9. The predicted molar refractivity (Wildman–Crippen MR) is 243 cm³/mol. The van der Waals surface area contributed by atoms with Crippen molar-refractivity contribution in [2.24, 2.45) is 56.0 Å². The van der Waals surface area contributed by atoms with Crippen molar-refractivity contribution in [2.75, 3.05) is 19.6 Å². The van der Waals surface area contributed by atoms with Gasteiger partial charge in [0.05, 0.1) is 18.9 Å². The van der Waals surface area contributed by atoms with Crippen molar-refractivity contribution in [3.63, 3.8) is 0 Å². The predicted octanol–water partition coefficient (Wildman–Crippen LogP) is -5.50. The Bertz CT molecular complexity index is 1910. The van der Waals surface area contributed by atoms with Crippen LogP contribution in [0.2, 0.25) is 0 Å². The smallest absolute Gasteiger partial charge is 0.326 e. The van der Waals surface area contributed by atoms with Crippen LogP contribution in [0.1, 0.15) is 77.2 Å². The van der Waals surface area contributed by atoms with E-state index in [1.54, 1.807) is 0 Å². The number of carboxylic acids is 2. The van der Waals surface area contributed by atoms with Crippen LogP contribution in [-0.4, -0.2) is 142 Å². The number of phenolic OH excluding ortho intramolecular Hbond substituents is 1. The van der Waals surface area contributed by atoms with Gasteiger partial charge in [0.15, 0.2) is 11.9 Å². The molecule has 0 fully saturated rings. The van der Waals surface area contributed by atoms with Gasteiger partial charge in [0.1, 0.15) is 42.0 Å². The number of carbonyl (C=O) groups excluding carboxylic acids is 7. The van der Waals surface area contributed by atoms with Crippen LogP contribution < -0.4 is 72.0 Å². The Morgan fingerprint density at radius 1 is 0.567 bits per heavy atom. The minimum absolute atomic E-state index is 0.0128. The lowest BCUT2D eigenvalue weighted by molar-refractivity contribution is -0.147. The number of aliphatic imine (C=N–C) groups is 2. The molecule has 0 saturated carbocycles. The van der Waals surface area contributed by atoms with E-state index in [2.05, 4.69) is 41.9 Å². The van der Waals surface area contributed by atoms with Gasteiger partial charge in [-0.2, -0.15) is 0 Å². The zero-order valence-electron chi connectivity index (χ0n) is 37.6. The van der Waals surface area contributed by atoms with Gasteiger partial charge in [-0.3, -0.25) is 48.3 Å². The minimum Gasteiger partial charge on any atom is -0.508 e. The monoisotopic (exact) mass is 950 g/mol. The molecule has 1 aromatic rings. The number of aromatic hydroxyl groups is 1. The molecule has 0 unspecified atom stereocenters. The fraction of sp³-hybridized carbons (Fsp3) is 0.575. The SMILES string of the molecule is CC(C)[C@H](NC(=O)[C@H](CCCN=C(N)N)NC(=O)[C@H](CC(N)=O)NC(=O)[C@H](CCCN=C(N)N)NC(=O)[C@H](Cc1ccc(O)cc1)NC(=O)[C@@H](N)CCCCN)C(=O)N[C@@H](CC(=O)O)C(=O)O. The van der Waals surface area contributed by atoms with Crippen molar-refractivity contribution in [1.82, 2.24) is 31.9 Å². The molecule has 0 saturated heterocycles. The van der Waals surface area contributed by atoms with Crippen molar-refractivity contribution in [2.45, 2.75) is 120 Å². The number of nitrogens with one attached hydrogen (secondary N) is 6. The second-order valence-corrected chi connectivity index (χ2v) is 15.8. The summed E-state index contributed by atoms with van der Waals surface area (Å²) in [5, 5.41) is 42.9. The molecule has 0 radical (unpaired) electrons. The molecule has 1 aromatic carbocycles. The number of phenols is 1. The molecule has 27 heteroatoms. The van der Waals surface area contributed by atoms with E-state index in [1.807, 2.05) is 0 Å². The summed E-state index contributed by atoms with van der Waals surface area (Å²) in [6.07, 6.45) is -0.788. The molecule has 0 aliphatic carbocycles. The number of benzene rings is 1. The van der Waals surface area contributed by atoms with Crippen LogP contribution in [-0.2, 0) is 49.6 Å². The fourth-order valence-corrected chi connectivity index (χ4v) is 6.19. The van der Waals surface area contributed by atoms with Crippen molar-refractivity contribution in [3.8, 4) is 5.75 Å². The summed E-state index contributed by atoms with van der Waals surface area (Å²) in [7, 11) is 0. The van der Waals surface area contributed by atoms with E-state index in [0.29, 0.717) is 24.9 Å². The number of carboxylic acid groups (broad SMARTS) is 2. The summed E-state index contributed by atoms with van der Waals surface area (Å²) in [6, 6.07) is -4.70. The number of nitrogens with zero attached hydrogens (tertiary/aromatic N) is 2. The van der Waals surface area contributed by atoms with Crippen molar-refractivity contribution >= 4 is 65.2 Å². The molecule has 0 spiro atoms. The molecule has 1 rings (SSSR count). The van der Waals surface area contributed by atoms with Crippen LogP contribution >= 0.6 is 0 Å². The zero-order chi connectivity index (χ0) is 50.8. The van der Waals surface area contributed by atoms with E-state index in [0.717, 1.165) is 0 Å². The first-order chi connectivity index (χ1) is 31.4. The average Bonchev–Trinajstić information content (AvgIpc) is 3.23. The molecule has 0 bridgehead atoms. The number of primary amides is 1. The van der Waals surface area contributed by atoms with Crippen LogP contribution in [0.5, 0.6) is 5.75 Å². The molecule has 0 aliphatic heterocycles. The van der Waals surface area contributed by atoms with Crippen LogP contribution in [0.4, 0.5) is 0 Å². The summed E-state index contributed by atoms with van der Waals surface area (Å²) >= 11 is 0. The van der Waals surface area contributed by atoms with Crippen LogP contribution in [0.15, 0.2) is 34.3 Å². The first-order valence-electron chi connectivity index (χ1n) is 21.3. The maximum atomic E-state index is 14.1. The van der Waals surface area contributed by atoms with Gasteiger partial charge in [-0.05, 0) is 68.7 Å². The number of nitrogens with two attached hydrogens (primary N) is 7. The average molecular weight is 950 g/mol. The molecule has 7 atom stereocenters. The highest BCUT2D eigenvalue weighted by Gasteiger charge is 2.35. The Balaban J connectivity index is 3.55. The maximum absolute atomic E-state index is 14.1. The molecule has 27 nitrogen and oxygen atoms in total. The lowest BCUT2D eigenvalue weighted by atomic mass is 10.0. The largest absolute Gasteiger partial charge is 0.508 e. The van der Waals surface area contributed by atoms with E-state index in [9.17, 15) is 53.4 Å². The summed E-state index contributed by atoms with van der Waals surface area (Å²) in [5.41, 5.74) is 39.4. The van der Waals surface area contributed by atoms with Gasteiger partial charge in [0.2, 0.25) is 41.4 Å². The van der Waals surface area contributed by atoms with Gasteiger partial charge in [0, 0.05) is 19.5 Å². The summed E-state index contributed by atoms with van der Waals surface area (Å²) < 4.78 is 0. The molecule has 23 N–H and O–H groups in total. The number of amides is 7. The normalized spacial score (nSPS) is 14.0. The summed E-state index contributed by atoms with van der Waals surface area (Å²) in [5.74, 6) is -11.3. The van der Waals surface area contributed by atoms with Crippen LogP contribution in [0, 0.1) is 5.92 Å². The van der Waals surface area contributed by atoms with E-state index >= 15 is 0 Å². The number of aliphatic carboxylic acids is 2. The van der Waals surface area contributed by atoms with Gasteiger partial charge >= 0.3 is 11.9 Å². The molecular formula is C40H67N15O12. The Labute approximate surface area is 386 Å². The van der Waals surface area contributed by atoms with Crippen molar-refractivity contribution < 1.29 is 58.5 Å². The van der Waals surface area contributed by atoms with E-state index in [-0.39, 0.29) is 69.3 Å². The molecule has 0 aliphatic rings. The van der Waals surface area contributed by atoms with Gasteiger partial charge < -0.3 is 87.4 Å². The molecule has 7 amide bonds. The Morgan fingerprint density at radius 2 is 1.03 bits per heavy atom. The van der Waals surface area contributed by atoms with Crippen LogP contribution in [0.25, 0.3) is 0 Å². The summed E-state index contributed by atoms with van der Waals surface area (Å²) in [4.78, 5) is 125. The second-order valence-electron chi connectivity index (χ2n) is 15.8. The Morgan fingerprint density at radius 3 is 1.49 bits per heavy atom. The number of hydrogen-bond acceptors (Lipinski definition) is 14. The zero-order valence-corrected chi connectivity index (χ0v) is 37.6. The first-order valence-corrected chi connectivity index (χ1v) is 21.3. The third kappa shape index (κ3) is 23.5. The van der Waals surface area contributed by atoms with Gasteiger partial charge in [-0.1, -0.05) is 32.4 Å². The van der Waals surface area contributed by atoms with Gasteiger partial charge in [-0.25, -0.2) is 4.79 Å². The number of carbonyl (C=O) groups is 9. The molecular weight excluding hydrogens is 883 g/mol. The minimum atomic E-state index is -1.85. The highest BCUT2D eigenvalue weighted by Crippen LogP contribution is 2.13. The lowest BCUT2D eigenvalue weighted by Crippen LogP contribution is -2.60. The standard InChI is InChI=1S/C40H67N15O12/c1-20(2)31(37(65)54-28(38(66)67)19-30(58)59)55-34(62)25(9-6-16-49-40(46)47)51-36(64)27(18-29(43)57)53-33(61)24(8-5-15-48-39(44)45)50-35(63)26(17-21-10-12-22(56)13-11-21)52-32(60)23(42)7-3-4-14-41/h10-13,20,23-28,31,56H,3-9,14-19,41-42H2,1-2H3,(H2,43,57)(H,50,63)(H,51,64)(H,52,60)(H,53,61)(H,54,65)(H,55,62)(H,58,59)(H,66,67)(H4,44,45,48)(H4,46,47,49)/t23-,24-,25-,26-,27-,28-,31-/m0/s1. The van der Waals surface area contributed by atoms with Gasteiger partial charge in [0.25, 0.3) is 0 Å². The van der Waals surface area contributed by atoms with E-state index < -0.39 is 114 Å². The molecule has 0 aromatic heterocycles. The van der Waals surface area contributed by atoms with Gasteiger partial charge in [-0.15, -0.1) is 0 Å². The molecule has 67 heavy (non-hydrogen) atoms. The quantitative estimate of drug-likeness (QED) is 0.0182. The first kappa shape index (κ1) is 57.7. The molecule has 0 heterocycles. The van der Waals surface area contributed by atoms with E-state index in [1.165, 1.54) is 38.1 Å². The summed E-state index contributed by atoms with van der Waals surface area (Å²) in [6.45, 7) is 3.32. The van der Waals surface area contributed by atoms with Crippen LogP contribution in [0.3, 0.4) is 0 Å². The number of rotatable bonds is 32. The Hall–Kier alpha value is -7.29. The number of hydrogen-bond donors (Lipinski definition) is 16. The van der Waals surface area contributed by atoms with E-state index in [4.69, 9.17) is 45.2 Å². The second kappa shape index (κ2) is 30.0. The highest BCUT2D eigenvalue weighted by atomic mass is 16.4.